The molecule has 0 saturated heterocycles. The molecular weight excluding hydrogens is 268 g/mol. The highest BCUT2D eigenvalue weighted by Gasteiger charge is 2.11. The van der Waals surface area contributed by atoms with Gasteiger partial charge in [0.05, 0.1) is 4.92 Å². The van der Waals surface area contributed by atoms with Crippen LogP contribution in [0.5, 0.6) is 0 Å². The minimum absolute atomic E-state index is 0.175. The second kappa shape index (κ2) is 6.48. The molecule has 0 unspecified atom stereocenters. The standard InChI is InChI=1S/C15H14N4O2/c1-11-4-2-3-5-12(11)6-7-17-15-13(9-16)8-14(10-18-15)19(20)21/h2-5,8,10H,6-7H2,1H3,(H,17,18). The number of aromatic nitrogens is 1. The molecule has 1 N–H and O–H groups in total. The number of pyridine rings is 1. The van der Waals surface area contributed by atoms with Crippen molar-refractivity contribution in [2.45, 2.75) is 13.3 Å². The molecule has 0 amide bonds. The molecule has 2 aromatic rings. The van der Waals surface area contributed by atoms with Gasteiger partial charge in [-0.1, -0.05) is 24.3 Å². The van der Waals surface area contributed by atoms with Crippen LogP contribution in [0.25, 0.3) is 0 Å². The van der Waals surface area contributed by atoms with Gasteiger partial charge in [0.2, 0.25) is 0 Å². The van der Waals surface area contributed by atoms with Crippen molar-refractivity contribution in [3.05, 3.63) is 63.3 Å². The van der Waals surface area contributed by atoms with Crippen molar-refractivity contribution < 1.29 is 4.92 Å². The fourth-order valence-electron chi connectivity index (χ4n) is 1.99. The first-order chi connectivity index (χ1) is 10.1. The number of nitrogens with zero attached hydrogens (tertiary/aromatic N) is 3. The predicted octanol–water partition coefficient (Wildman–Crippen LogP) is 2.82. The van der Waals surface area contributed by atoms with E-state index in [1.165, 1.54) is 17.2 Å². The Morgan fingerprint density at radius 3 is 2.86 bits per heavy atom. The van der Waals surface area contributed by atoms with Crippen LogP contribution in [0.3, 0.4) is 0 Å². The third kappa shape index (κ3) is 3.54. The van der Waals surface area contributed by atoms with E-state index in [4.69, 9.17) is 5.26 Å². The normalized spacial score (nSPS) is 9.90. The number of hydrogen-bond donors (Lipinski definition) is 1. The molecule has 0 fully saturated rings. The van der Waals surface area contributed by atoms with Gasteiger partial charge in [-0.25, -0.2) is 4.98 Å². The molecule has 0 bridgehead atoms. The Hall–Kier alpha value is -2.94. The topological polar surface area (TPSA) is 91.8 Å². The van der Waals surface area contributed by atoms with Crippen LogP contribution in [0.15, 0.2) is 36.5 Å². The molecule has 0 atom stereocenters. The van der Waals surface area contributed by atoms with E-state index >= 15 is 0 Å². The van der Waals surface area contributed by atoms with Gasteiger partial charge in [-0.2, -0.15) is 5.26 Å². The monoisotopic (exact) mass is 282 g/mol. The second-order valence-corrected chi connectivity index (χ2v) is 4.56. The number of nitro groups is 1. The zero-order chi connectivity index (χ0) is 15.2. The maximum atomic E-state index is 10.7. The largest absolute Gasteiger partial charge is 0.369 e. The van der Waals surface area contributed by atoms with Crippen molar-refractivity contribution in [1.82, 2.24) is 4.98 Å². The first-order valence-corrected chi connectivity index (χ1v) is 6.44. The van der Waals surface area contributed by atoms with Crippen LogP contribution in [-0.2, 0) is 6.42 Å². The van der Waals surface area contributed by atoms with Crippen LogP contribution >= 0.6 is 0 Å². The van der Waals surface area contributed by atoms with Crippen LogP contribution in [0.4, 0.5) is 11.5 Å². The maximum Gasteiger partial charge on any atom is 0.289 e. The number of nitrogens with one attached hydrogen (secondary N) is 1. The molecule has 0 aliphatic carbocycles. The van der Waals surface area contributed by atoms with Gasteiger partial charge in [0, 0.05) is 12.6 Å². The lowest BCUT2D eigenvalue weighted by atomic mass is 10.1. The van der Waals surface area contributed by atoms with Crippen molar-refractivity contribution in [2.75, 3.05) is 11.9 Å². The van der Waals surface area contributed by atoms with Crippen molar-refractivity contribution in [2.24, 2.45) is 0 Å². The van der Waals surface area contributed by atoms with Gasteiger partial charge >= 0.3 is 0 Å². The number of benzene rings is 1. The van der Waals surface area contributed by atoms with E-state index in [1.807, 2.05) is 37.3 Å². The summed E-state index contributed by atoms with van der Waals surface area (Å²) in [7, 11) is 0. The predicted molar refractivity (Wildman–Crippen MR) is 79.0 cm³/mol. The van der Waals surface area contributed by atoms with E-state index in [9.17, 15) is 10.1 Å². The molecule has 0 radical (unpaired) electrons. The summed E-state index contributed by atoms with van der Waals surface area (Å²) in [5.74, 6) is 0.372. The Labute approximate surface area is 122 Å². The number of anilines is 1. The lowest BCUT2D eigenvalue weighted by Gasteiger charge is -2.08. The highest BCUT2D eigenvalue weighted by atomic mass is 16.6. The summed E-state index contributed by atoms with van der Waals surface area (Å²) in [6.07, 6.45) is 1.94. The van der Waals surface area contributed by atoms with Crippen molar-refractivity contribution in [1.29, 1.82) is 5.26 Å². The van der Waals surface area contributed by atoms with Gasteiger partial charge in [0.15, 0.2) is 0 Å². The summed E-state index contributed by atoms with van der Waals surface area (Å²) < 4.78 is 0. The molecule has 1 heterocycles. The van der Waals surface area contributed by atoms with Crippen LogP contribution in [0.1, 0.15) is 16.7 Å². The second-order valence-electron chi connectivity index (χ2n) is 4.56. The summed E-state index contributed by atoms with van der Waals surface area (Å²) in [4.78, 5) is 14.0. The fourth-order valence-corrected chi connectivity index (χ4v) is 1.99. The van der Waals surface area contributed by atoms with Crippen LogP contribution < -0.4 is 5.32 Å². The highest BCUT2D eigenvalue weighted by Crippen LogP contribution is 2.18. The smallest absolute Gasteiger partial charge is 0.289 e. The summed E-state index contributed by atoms with van der Waals surface area (Å²) in [6, 6.07) is 11.2. The molecule has 21 heavy (non-hydrogen) atoms. The van der Waals surface area contributed by atoms with E-state index < -0.39 is 4.92 Å². The Bertz CT molecular complexity index is 707. The first kappa shape index (κ1) is 14.5. The Morgan fingerprint density at radius 2 is 2.19 bits per heavy atom. The van der Waals surface area contributed by atoms with Gasteiger partial charge < -0.3 is 5.32 Å². The molecule has 6 heteroatoms. The molecule has 0 aliphatic heterocycles. The number of aryl methyl sites for hydroxylation is 1. The molecule has 106 valence electrons. The Balaban J connectivity index is 2.05. The van der Waals surface area contributed by atoms with Gasteiger partial charge in [0.25, 0.3) is 5.69 Å². The van der Waals surface area contributed by atoms with E-state index in [2.05, 4.69) is 10.3 Å². The fraction of sp³-hybridized carbons (Fsp3) is 0.200. The summed E-state index contributed by atoms with van der Waals surface area (Å²) in [5, 5.41) is 22.7. The van der Waals surface area contributed by atoms with Gasteiger partial charge in [0.1, 0.15) is 23.6 Å². The average molecular weight is 282 g/mol. The SMILES string of the molecule is Cc1ccccc1CCNc1ncc([N+](=O)[O-])cc1C#N. The number of nitriles is 1. The molecule has 1 aromatic carbocycles. The minimum Gasteiger partial charge on any atom is -0.369 e. The van der Waals surface area contributed by atoms with E-state index in [0.717, 1.165) is 12.6 Å². The molecule has 2 rings (SSSR count). The van der Waals surface area contributed by atoms with Crippen molar-refractivity contribution in [3.8, 4) is 6.07 Å². The van der Waals surface area contributed by atoms with Gasteiger partial charge in [-0.3, -0.25) is 10.1 Å². The highest BCUT2D eigenvalue weighted by molar-refractivity contribution is 5.55. The molecule has 0 spiro atoms. The summed E-state index contributed by atoms with van der Waals surface area (Å²) in [5.41, 5.74) is 2.41. The van der Waals surface area contributed by atoms with Gasteiger partial charge in [-0.05, 0) is 24.5 Å². The van der Waals surface area contributed by atoms with Crippen molar-refractivity contribution in [3.63, 3.8) is 0 Å². The number of rotatable bonds is 5. The van der Waals surface area contributed by atoms with Gasteiger partial charge in [-0.15, -0.1) is 0 Å². The van der Waals surface area contributed by atoms with Crippen molar-refractivity contribution >= 4 is 11.5 Å². The molecule has 0 aliphatic rings. The zero-order valence-corrected chi connectivity index (χ0v) is 11.5. The third-order valence-electron chi connectivity index (χ3n) is 3.15. The van der Waals surface area contributed by atoms with E-state index in [1.54, 1.807) is 0 Å². The zero-order valence-electron chi connectivity index (χ0n) is 11.5. The molecule has 0 saturated carbocycles. The average Bonchev–Trinajstić information content (AvgIpc) is 2.49. The summed E-state index contributed by atoms with van der Waals surface area (Å²) in [6.45, 7) is 2.64. The molecular formula is C15H14N4O2. The number of hydrogen-bond acceptors (Lipinski definition) is 5. The van der Waals surface area contributed by atoms with Crippen LogP contribution in [0, 0.1) is 28.4 Å². The lowest BCUT2D eigenvalue weighted by molar-refractivity contribution is -0.385. The van der Waals surface area contributed by atoms with Crippen LogP contribution in [0.2, 0.25) is 0 Å². The summed E-state index contributed by atoms with van der Waals surface area (Å²) >= 11 is 0. The van der Waals surface area contributed by atoms with E-state index in [-0.39, 0.29) is 11.3 Å². The molecule has 1 aromatic heterocycles. The maximum absolute atomic E-state index is 10.7. The molecule has 6 nitrogen and oxygen atoms in total. The minimum atomic E-state index is -0.565. The third-order valence-corrected chi connectivity index (χ3v) is 3.15. The first-order valence-electron chi connectivity index (χ1n) is 6.44. The van der Waals surface area contributed by atoms with Crippen LogP contribution in [-0.4, -0.2) is 16.5 Å². The lowest BCUT2D eigenvalue weighted by Crippen LogP contribution is -2.09. The van der Waals surface area contributed by atoms with E-state index in [0.29, 0.717) is 12.4 Å². The quantitative estimate of drug-likeness (QED) is 0.672. The Kier molecular flexibility index (Phi) is 4.46. The Morgan fingerprint density at radius 1 is 1.43 bits per heavy atom.